The van der Waals surface area contributed by atoms with E-state index in [-0.39, 0.29) is 18.1 Å². The molecule has 6 atom stereocenters. The quantitative estimate of drug-likeness (QED) is 0.563. The fraction of sp³-hybridized carbons (Fsp3) is 0.615. The summed E-state index contributed by atoms with van der Waals surface area (Å²) in [6.45, 7) is 2.51. The van der Waals surface area contributed by atoms with Gasteiger partial charge in [-0.15, -0.1) is 0 Å². The third kappa shape index (κ3) is 2.23. The van der Waals surface area contributed by atoms with Crippen LogP contribution >= 0.6 is 0 Å². The predicted octanol–water partition coefficient (Wildman–Crippen LogP) is 4.60. The molecule has 3 heteroatoms. The van der Waals surface area contributed by atoms with Crippen LogP contribution in [0.25, 0.3) is 0 Å². The number of ketones is 2. The van der Waals surface area contributed by atoms with E-state index in [1.807, 2.05) is 30.3 Å². The van der Waals surface area contributed by atoms with Crippen molar-refractivity contribution >= 4 is 11.6 Å². The minimum Gasteiger partial charge on any atom is -0.389 e. The number of aliphatic hydroxyl groups is 1. The Morgan fingerprint density at radius 2 is 1.76 bits per heavy atom. The van der Waals surface area contributed by atoms with Gasteiger partial charge in [-0.2, -0.15) is 0 Å². The minimum atomic E-state index is -1.07. The van der Waals surface area contributed by atoms with Gasteiger partial charge >= 0.3 is 0 Å². The van der Waals surface area contributed by atoms with Crippen molar-refractivity contribution in [1.29, 1.82) is 0 Å². The third-order valence-electron chi connectivity index (χ3n) is 9.84. The van der Waals surface area contributed by atoms with Crippen LogP contribution in [-0.4, -0.2) is 22.3 Å². The molecule has 1 unspecified atom stereocenters. The van der Waals surface area contributed by atoms with Gasteiger partial charge in [-0.3, -0.25) is 9.59 Å². The van der Waals surface area contributed by atoms with E-state index in [0.717, 1.165) is 18.4 Å². The molecule has 0 aliphatic heterocycles. The number of benzene rings is 1. The summed E-state index contributed by atoms with van der Waals surface area (Å²) in [5, 5.41) is 11.7. The zero-order chi connectivity index (χ0) is 20.0. The lowest BCUT2D eigenvalue weighted by atomic mass is 9.49. The lowest BCUT2D eigenvalue weighted by Gasteiger charge is -2.55. The molecule has 29 heavy (non-hydrogen) atoms. The number of carbonyl (C=O) groups excluding carboxylic acids is 2. The van der Waals surface area contributed by atoms with E-state index < -0.39 is 17.3 Å². The van der Waals surface area contributed by atoms with Gasteiger partial charge < -0.3 is 5.11 Å². The summed E-state index contributed by atoms with van der Waals surface area (Å²) < 4.78 is 0. The van der Waals surface area contributed by atoms with E-state index in [1.54, 1.807) is 0 Å². The van der Waals surface area contributed by atoms with Crippen LogP contribution in [-0.2, 0) is 9.59 Å². The molecule has 4 fully saturated rings. The van der Waals surface area contributed by atoms with Crippen molar-refractivity contribution in [1.82, 2.24) is 0 Å². The molecule has 152 valence electrons. The maximum absolute atomic E-state index is 13.1. The van der Waals surface area contributed by atoms with Crippen LogP contribution in [0.4, 0.5) is 0 Å². The van der Waals surface area contributed by atoms with Crippen molar-refractivity contribution < 1.29 is 14.7 Å². The van der Waals surface area contributed by atoms with Crippen LogP contribution in [0, 0.1) is 28.6 Å². The molecule has 1 aromatic rings. The zero-order valence-corrected chi connectivity index (χ0v) is 17.2. The predicted molar refractivity (Wildman–Crippen MR) is 110 cm³/mol. The first-order valence-electron chi connectivity index (χ1n) is 11.4. The summed E-state index contributed by atoms with van der Waals surface area (Å²) in [5.41, 5.74) is 2.05. The second-order valence-corrected chi connectivity index (χ2v) is 10.8. The Morgan fingerprint density at radius 1 is 1.00 bits per heavy atom. The first-order chi connectivity index (χ1) is 13.9. The first kappa shape index (κ1) is 18.1. The smallest absolute Gasteiger partial charge is 0.206 e. The summed E-state index contributed by atoms with van der Waals surface area (Å²) in [7, 11) is 0. The number of carbonyl (C=O) groups is 2. The molecule has 1 spiro atoms. The zero-order valence-electron chi connectivity index (χ0n) is 17.2. The van der Waals surface area contributed by atoms with E-state index in [0.29, 0.717) is 29.1 Å². The maximum atomic E-state index is 13.1. The van der Waals surface area contributed by atoms with E-state index in [4.69, 9.17) is 0 Å². The highest BCUT2D eigenvalue weighted by molar-refractivity contribution is 6.40. The second-order valence-electron chi connectivity index (χ2n) is 10.8. The molecule has 5 aliphatic carbocycles. The van der Waals surface area contributed by atoms with Gasteiger partial charge in [0.15, 0.2) is 0 Å². The summed E-state index contributed by atoms with van der Waals surface area (Å²) >= 11 is 0. The van der Waals surface area contributed by atoms with Crippen molar-refractivity contribution in [3.8, 4) is 0 Å². The SMILES string of the molecule is C[C@]12CC=C3[C@@H](CC[C@@]4(O)CC(=O)C(=O)C(c5ccccc5)[C@H]34)[C@@H]1CCC21CC1. The van der Waals surface area contributed by atoms with E-state index >= 15 is 0 Å². The Kier molecular flexibility index (Phi) is 3.54. The highest BCUT2D eigenvalue weighted by Gasteiger charge is 2.67. The highest BCUT2D eigenvalue weighted by Crippen LogP contribution is 2.75. The van der Waals surface area contributed by atoms with Crippen molar-refractivity contribution in [2.75, 3.05) is 0 Å². The summed E-state index contributed by atoms with van der Waals surface area (Å²) in [5.74, 6) is -0.336. The summed E-state index contributed by atoms with van der Waals surface area (Å²) in [4.78, 5) is 25.7. The van der Waals surface area contributed by atoms with Gasteiger partial charge in [-0.25, -0.2) is 0 Å². The molecule has 0 saturated heterocycles. The topological polar surface area (TPSA) is 54.4 Å². The lowest BCUT2D eigenvalue weighted by molar-refractivity contribution is -0.153. The van der Waals surface area contributed by atoms with Crippen molar-refractivity contribution in [3.63, 3.8) is 0 Å². The Morgan fingerprint density at radius 3 is 2.48 bits per heavy atom. The summed E-state index contributed by atoms with van der Waals surface area (Å²) in [6.07, 6.45) is 10.5. The molecule has 1 aromatic carbocycles. The van der Waals surface area contributed by atoms with Gasteiger partial charge in [-0.1, -0.05) is 48.9 Å². The number of hydrogen-bond donors (Lipinski definition) is 1. The molecular weight excluding hydrogens is 360 g/mol. The number of rotatable bonds is 1. The Balaban J connectivity index is 1.47. The molecule has 0 bridgehead atoms. The Labute approximate surface area is 172 Å². The van der Waals surface area contributed by atoms with Crippen molar-refractivity contribution in [3.05, 3.63) is 47.5 Å². The van der Waals surface area contributed by atoms with Gasteiger partial charge in [0.25, 0.3) is 0 Å². The first-order valence-corrected chi connectivity index (χ1v) is 11.4. The van der Waals surface area contributed by atoms with Crippen molar-refractivity contribution in [2.24, 2.45) is 28.6 Å². The number of Topliss-reactive ketones (excluding diaryl/α,β-unsaturated/α-hetero) is 2. The average Bonchev–Trinajstić information content (AvgIpc) is 3.44. The molecule has 0 heterocycles. The van der Waals surface area contributed by atoms with E-state index in [9.17, 15) is 14.7 Å². The highest BCUT2D eigenvalue weighted by atomic mass is 16.3. The van der Waals surface area contributed by atoms with Crippen LogP contribution in [0.5, 0.6) is 0 Å². The fourth-order valence-electron chi connectivity index (χ4n) is 8.12. The molecule has 3 nitrogen and oxygen atoms in total. The third-order valence-corrected chi connectivity index (χ3v) is 9.84. The molecule has 5 aliphatic rings. The van der Waals surface area contributed by atoms with E-state index in [1.165, 1.54) is 31.3 Å². The second kappa shape index (κ2) is 5.69. The minimum absolute atomic E-state index is 0.00420. The van der Waals surface area contributed by atoms with E-state index in [2.05, 4.69) is 13.0 Å². The molecule has 6 rings (SSSR count). The molecule has 0 amide bonds. The number of allylic oxidation sites excluding steroid dienone is 1. The fourth-order valence-corrected chi connectivity index (χ4v) is 8.12. The van der Waals surface area contributed by atoms with Gasteiger partial charge in [0.05, 0.1) is 11.5 Å². The van der Waals surface area contributed by atoms with Crippen LogP contribution < -0.4 is 0 Å². The molecular formula is C26H30O3. The molecule has 1 N–H and O–H groups in total. The van der Waals surface area contributed by atoms with Crippen LogP contribution in [0.3, 0.4) is 0 Å². The largest absolute Gasteiger partial charge is 0.389 e. The van der Waals surface area contributed by atoms with Gasteiger partial charge in [0.2, 0.25) is 11.6 Å². The van der Waals surface area contributed by atoms with Crippen LogP contribution in [0.1, 0.15) is 69.8 Å². The van der Waals surface area contributed by atoms with Crippen LogP contribution in [0.2, 0.25) is 0 Å². The lowest BCUT2D eigenvalue weighted by Crippen LogP contribution is -2.57. The average molecular weight is 391 g/mol. The number of fused-ring (bicyclic) bond motifs is 6. The van der Waals surface area contributed by atoms with Gasteiger partial charge in [0.1, 0.15) is 0 Å². The van der Waals surface area contributed by atoms with Crippen molar-refractivity contribution in [2.45, 2.75) is 69.8 Å². The number of hydrogen-bond acceptors (Lipinski definition) is 3. The Hall–Kier alpha value is -1.74. The van der Waals surface area contributed by atoms with Crippen LogP contribution in [0.15, 0.2) is 42.0 Å². The normalized spacial score (nSPS) is 44.7. The molecule has 0 radical (unpaired) electrons. The standard InChI is InChI=1S/C26H30O3/c1-24-10-7-18-17(19(24)9-11-25(24)13-14-25)8-12-26(29)15-20(27)23(28)21(22(18)26)16-5-3-2-4-6-16/h2-7,17,19,21-22,29H,8-15H2,1H3/t17-,19+,21?,22+,24+,26-/m1/s1. The monoisotopic (exact) mass is 390 g/mol. The summed E-state index contributed by atoms with van der Waals surface area (Å²) in [6, 6.07) is 9.71. The maximum Gasteiger partial charge on any atom is 0.206 e. The molecule has 0 aromatic heterocycles. The Bertz CT molecular complexity index is 927. The van der Waals surface area contributed by atoms with Gasteiger partial charge in [0, 0.05) is 12.3 Å². The van der Waals surface area contributed by atoms with Gasteiger partial charge in [-0.05, 0) is 73.2 Å². The molecule has 4 saturated carbocycles.